The van der Waals surface area contributed by atoms with E-state index in [0.29, 0.717) is 38.8 Å². The van der Waals surface area contributed by atoms with Gasteiger partial charge in [-0.3, -0.25) is 9.59 Å². The molecule has 0 spiro atoms. The van der Waals surface area contributed by atoms with E-state index in [9.17, 15) is 14.7 Å². The lowest BCUT2D eigenvalue weighted by Gasteiger charge is -2.49. The number of hydrogen-bond donors (Lipinski definition) is 3. The van der Waals surface area contributed by atoms with Crippen molar-refractivity contribution in [1.82, 2.24) is 5.32 Å². The molecule has 0 aromatic rings. The fourth-order valence-electron chi connectivity index (χ4n) is 3.55. The summed E-state index contributed by atoms with van der Waals surface area (Å²) in [5, 5.41) is 22.0. The van der Waals surface area contributed by atoms with E-state index < -0.39 is 22.8 Å². The molecule has 3 N–H and O–H groups in total. The number of nitrogens with one attached hydrogen (secondary N) is 1. The summed E-state index contributed by atoms with van der Waals surface area (Å²) in [5.41, 5.74) is -1.55. The quantitative estimate of drug-likeness (QED) is 0.698. The summed E-state index contributed by atoms with van der Waals surface area (Å²) < 4.78 is 0. The Morgan fingerprint density at radius 3 is 1.95 bits per heavy atom. The van der Waals surface area contributed by atoms with Crippen LogP contribution < -0.4 is 5.32 Å². The van der Waals surface area contributed by atoms with Gasteiger partial charge in [0.25, 0.3) is 0 Å². The molecule has 0 aromatic heterocycles. The first kappa shape index (κ1) is 18.2. The number of carboxylic acid groups (broad SMARTS) is 2. The maximum atomic E-state index is 11.8. The van der Waals surface area contributed by atoms with Gasteiger partial charge in [0, 0.05) is 0 Å². The number of piperidine rings is 1. The molecule has 0 unspecified atom stereocenters. The van der Waals surface area contributed by atoms with Gasteiger partial charge in [0.2, 0.25) is 0 Å². The number of carbonyl (C=O) groups is 2. The van der Waals surface area contributed by atoms with E-state index in [2.05, 4.69) is 5.32 Å². The van der Waals surface area contributed by atoms with Gasteiger partial charge in [0.1, 0.15) is 0 Å². The van der Waals surface area contributed by atoms with Gasteiger partial charge in [-0.2, -0.15) is 0 Å². The normalized spacial score (nSPS) is 18.4. The first-order valence-corrected chi connectivity index (χ1v) is 6.60. The Morgan fingerprint density at radius 2 is 1.63 bits per heavy atom. The highest BCUT2D eigenvalue weighted by Gasteiger charge is 2.55. The van der Waals surface area contributed by atoms with Crippen molar-refractivity contribution in [2.75, 3.05) is 13.1 Å². The molecule has 1 fully saturated rings. The zero-order valence-corrected chi connectivity index (χ0v) is 12.4. The van der Waals surface area contributed by atoms with Crippen molar-refractivity contribution in [2.45, 2.75) is 46.0 Å². The lowest BCUT2D eigenvalue weighted by molar-refractivity contribution is -0.166. The molecule has 5 nitrogen and oxygen atoms in total. The third kappa shape index (κ3) is 3.20. The Hall–Kier alpha value is -0.810. The van der Waals surface area contributed by atoms with Crippen LogP contribution in [0.5, 0.6) is 0 Å². The van der Waals surface area contributed by atoms with Crippen LogP contribution in [0.3, 0.4) is 0 Å². The highest BCUT2D eigenvalue weighted by Crippen LogP contribution is 2.53. The average Bonchev–Trinajstić information content (AvgIpc) is 2.30. The molecule has 1 rings (SSSR count). The van der Waals surface area contributed by atoms with E-state index in [1.54, 1.807) is 0 Å². The third-order valence-electron chi connectivity index (χ3n) is 4.68. The summed E-state index contributed by atoms with van der Waals surface area (Å²) in [7, 11) is 0. The molecule has 1 aliphatic rings. The van der Waals surface area contributed by atoms with Crippen molar-refractivity contribution >= 4 is 24.3 Å². The van der Waals surface area contributed by atoms with Crippen LogP contribution in [-0.2, 0) is 9.59 Å². The number of rotatable bonds is 6. The van der Waals surface area contributed by atoms with Crippen LogP contribution in [0.15, 0.2) is 0 Å². The van der Waals surface area contributed by atoms with Gasteiger partial charge >= 0.3 is 11.9 Å². The molecule has 0 saturated carbocycles. The number of aliphatic carboxylic acids is 2. The molecule has 1 aliphatic heterocycles. The molecule has 19 heavy (non-hydrogen) atoms. The number of carboxylic acids is 2. The van der Waals surface area contributed by atoms with E-state index in [1.807, 2.05) is 13.8 Å². The summed E-state index contributed by atoms with van der Waals surface area (Å²) in [6.07, 6.45) is 2.14. The van der Waals surface area contributed by atoms with Crippen molar-refractivity contribution in [2.24, 2.45) is 10.8 Å². The Balaban J connectivity index is 0.00000324. The molecule has 0 radical (unpaired) electrons. The summed E-state index contributed by atoms with van der Waals surface area (Å²) in [4.78, 5) is 22.9. The fraction of sp³-hybridized carbons (Fsp3) is 0.846. The van der Waals surface area contributed by atoms with Crippen molar-refractivity contribution in [3.63, 3.8) is 0 Å². The van der Waals surface area contributed by atoms with Crippen molar-refractivity contribution in [3.8, 4) is 0 Å². The lowest BCUT2D eigenvalue weighted by Crippen LogP contribution is -2.53. The number of hydrogen-bond acceptors (Lipinski definition) is 3. The number of halogens is 1. The smallest absolute Gasteiger partial charge is 0.310 e. The predicted octanol–water partition coefficient (Wildman–Crippen LogP) is 2.14. The standard InChI is InChI=1S/C13H23NO4.ClH/c1-3-13(4-2,11(17)18)12(9-10(15)16)5-7-14-8-6-12;/h14H,3-9H2,1-2H3,(H,15,16)(H,17,18);1H. The molecule has 1 heterocycles. The van der Waals surface area contributed by atoms with Crippen molar-refractivity contribution in [1.29, 1.82) is 0 Å². The Bertz CT molecular complexity index is 323. The van der Waals surface area contributed by atoms with Crippen LogP contribution in [0.4, 0.5) is 0 Å². The largest absolute Gasteiger partial charge is 0.481 e. The molecule has 112 valence electrons. The molecule has 0 aliphatic carbocycles. The van der Waals surface area contributed by atoms with E-state index in [-0.39, 0.29) is 18.8 Å². The third-order valence-corrected chi connectivity index (χ3v) is 4.68. The maximum Gasteiger partial charge on any atom is 0.310 e. The topological polar surface area (TPSA) is 86.6 Å². The Kier molecular flexibility index (Phi) is 6.80. The summed E-state index contributed by atoms with van der Waals surface area (Å²) in [5.74, 6) is -1.75. The highest BCUT2D eigenvalue weighted by molar-refractivity contribution is 5.85. The van der Waals surface area contributed by atoms with Crippen molar-refractivity contribution < 1.29 is 19.8 Å². The van der Waals surface area contributed by atoms with E-state index in [0.717, 1.165) is 0 Å². The molecule has 1 saturated heterocycles. The Labute approximate surface area is 120 Å². The highest BCUT2D eigenvalue weighted by atomic mass is 35.5. The van der Waals surface area contributed by atoms with E-state index >= 15 is 0 Å². The monoisotopic (exact) mass is 293 g/mol. The second-order valence-electron chi connectivity index (χ2n) is 5.20. The van der Waals surface area contributed by atoms with Gasteiger partial charge in [-0.15, -0.1) is 12.4 Å². The first-order chi connectivity index (χ1) is 8.44. The molecule has 0 atom stereocenters. The Morgan fingerprint density at radius 1 is 1.16 bits per heavy atom. The molecule has 0 amide bonds. The first-order valence-electron chi connectivity index (χ1n) is 6.60. The molecular formula is C13H24ClNO4. The minimum Gasteiger partial charge on any atom is -0.481 e. The van der Waals surface area contributed by atoms with Crippen LogP contribution in [0.1, 0.15) is 46.0 Å². The second-order valence-corrected chi connectivity index (χ2v) is 5.20. The SMILES string of the molecule is CCC(CC)(C(=O)O)C1(CC(=O)O)CCNCC1.Cl. The zero-order chi connectivity index (χ0) is 13.8. The average molecular weight is 294 g/mol. The van der Waals surface area contributed by atoms with Gasteiger partial charge in [0.15, 0.2) is 0 Å². The van der Waals surface area contributed by atoms with Gasteiger partial charge < -0.3 is 15.5 Å². The van der Waals surface area contributed by atoms with Crippen LogP contribution >= 0.6 is 12.4 Å². The van der Waals surface area contributed by atoms with Gasteiger partial charge in [-0.1, -0.05) is 13.8 Å². The van der Waals surface area contributed by atoms with Crippen LogP contribution in [0, 0.1) is 10.8 Å². The van der Waals surface area contributed by atoms with Gasteiger partial charge in [-0.05, 0) is 44.2 Å². The predicted molar refractivity (Wildman–Crippen MR) is 74.7 cm³/mol. The van der Waals surface area contributed by atoms with Crippen LogP contribution in [0.25, 0.3) is 0 Å². The van der Waals surface area contributed by atoms with Crippen molar-refractivity contribution in [3.05, 3.63) is 0 Å². The minimum absolute atomic E-state index is 0. The van der Waals surface area contributed by atoms with Crippen LogP contribution in [-0.4, -0.2) is 35.2 Å². The zero-order valence-electron chi connectivity index (χ0n) is 11.6. The van der Waals surface area contributed by atoms with E-state index in [4.69, 9.17) is 5.11 Å². The fourth-order valence-corrected chi connectivity index (χ4v) is 3.55. The maximum absolute atomic E-state index is 11.8. The second kappa shape index (κ2) is 7.10. The molecule has 6 heteroatoms. The van der Waals surface area contributed by atoms with Gasteiger partial charge in [0.05, 0.1) is 11.8 Å². The minimum atomic E-state index is -0.923. The lowest BCUT2D eigenvalue weighted by atomic mass is 9.55. The summed E-state index contributed by atoms with van der Waals surface area (Å²) in [6, 6.07) is 0. The summed E-state index contributed by atoms with van der Waals surface area (Å²) >= 11 is 0. The molecular weight excluding hydrogens is 270 g/mol. The summed E-state index contributed by atoms with van der Waals surface area (Å²) in [6.45, 7) is 5.09. The molecule has 0 aromatic carbocycles. The van der Waals surface area contributed by atoms with Gasteiger partial charge in [-0.25, -0.2) is 0 Å². The molecule has 0 bridgehead atoms. The van der Waals surface area contributed by atoms with E-state index in [1.165, 1.54) is 0 Å². The van der Waals surface area contributed by atoms with Crippen LogP contribution in [0.2, 0.25) is 0 Å².